The van der Waals surface area contributed by atoms with E-state index in [4.69, 9.17) is 0 Å². The van der Waals surface area contributed by atoms with Crippen molar-refractivity contribution in [1.82, 2.24) is 10.2 Å². The van der Waals surface area contributed by atoms with Crippen LogP contribution in [-0.4, -0.2) is 16.1 Å². The largest absolute Gasteiger partial charge is 0.321 e. The molecule has 0 aliphatic heterocycles. The number of para-hydroxylation sites is 1. The van der Waals surface area contributed by atoms with E-state index in [1.807, 2.05) is 48.5 Å². The van der Waals surface area contributed by atoms with Gasteiger partial charge in [0.2, 0.25) is 0 Å². The summed E-state index contributed by atoms with van der Waals surface area (Å²) in [5.41, 5.74) is 1.99. The Morgan fingerprint density at radius 1 is 1.11 bits per heavy atom. The number of rotatable bonds is 2. The molecule has 19 heavy (non-hydrogen) atoms. The smallest absolute Gasteiger partial charge is 0.276 e. The lowest BCUT2D eigenvalue weighted by molar-refractivity contribution is 0.102. The van der Waals surface area contributed by atoms with Gasteiger partial charge in [-0.2, -0.15) is 5.10 Å². The second-order valence-corrected chi connectivity index (χ2v) is 4.99. The highest BCUT2D eigenvalue weighted by molar-refractivity contribution is 9.10. The molecule has 4 nitrogen and oxygen atoms in total. The molecule has 0 unspecified atom stereocenters. The van der Waals surface area contributed by atoms with Crippen LogP contribution in [0.1, 0.15) is 10.5 Å². The summed E-state index contributed by atoms with van der Waals surface area (Å²) in [5, 5.41) is 10.5. The summed E-state index contributed by atoms with van der Waals surface area (Å²) in [5.74, 6) is -0.222. The van der Waals surface area contributed by atoms with Crippen molar-refractivity contribution in [3.8, 4) is 0 Å². The lowest BCUT2D eigenvalue weighted by Gasteiger charge is -2.03. The maximum Gasteiger partial charge on any atom is 0.276 e. The van der Waals surface area contributed by atoms with Crippen LogP contribution >= 0.6 is 15.9 Å². The molecule has 2 N–H and O–H groups in total. The number of H-pyrrole nitrogens is 1. The first-order valence-electron chi connectivity index (χ1n) is 5.74. The fraction of sp³-hybridized carbons (Fsp3) is 0. The molecular formula is C14H10BrN3O. The summed E-state index contributed by atoms with van der Waals surface area (Å²) >= 11 is 3.35. The van der Waals surface area contributed by atoms with Crippen LogP contribution in [0.4, 0.5) is 5.69 Å². The first-order valence-corrected chi connectivity index (χ1v) is 6.53. The third-order valence-electron chi connectivity index (χ3n) is 2.79. The van der Waals surface area contributed by atoms with E-state index in [0.717, 1.165) is 21.1 Å². The number of carbonyl (C=O) groups is 1. The van der Waals surface area contributed by atoms with Gasteiger partial charge in [0, 0.05) is 15.5 Å². The van der Waals surface area contributed by atoms with E-state index in [1.165, 1.54) is 0 Å². The maximum absolute atomic E-state index is 12.2. The zero-order chi connectivity index (χ0) is 13.2. The van der Waals surface area contributed by atoms with Crippen molar-refractivity contribution in [2.24, 2.45) is 0 Å². The molecule has 0 bridgehead atoms. The van der Waals surface area contributed by atoms with Crippen molar-refractivity contribution in [1.29, 1.82) is 0 Å². The number of anilines is 1. The summed E-state index contributed by atoms with van der Waals surface area (Å²) in [6, 6.07) is 14.9. The number of aromatic nitrogens is 2. The van der Waals surface area contributed by atoms with E-state index in [9.17, 15) is 4.79 Å². The van der Waals surface area contributed by atoms with Crippen molar-refractivity contribution in [3.63, 3.8) is 0 Å². The maximum atomic E-state index is 12.2. The molecule has 0 aliphatic carbocycles. The van der Waals surface area contributed by atoms with Crippen molar-refractivity contribution in [2.75, 3.05) is 5.32 Å². The molecule has 1 amide bonds. The number of halogens is 1. The van der Waals surface area contributed by atoms with Gasteiger partial charge >= 0.3 is 0 Å². The first-order chi connectivity index (χ1) is 9.24. The quantitative estimate of drug-likeness (QED) is 0.759. The zero-order valence-corrected chi connectivity index (χ0v) is 11.4. The number of hydrogen-bond acceptors (Lipinski definition) is 2. The van der Waals surface area contributed by atoms with Crippen molar-refractivity contribution in [2.45, 2.75) is 0 Å². The lowest BCUT2D eigenvalue weighted by atomic mass is 10.2. The molecule has 1 heterocycles. The van der Waals surface area contributed by atoms with Crippen molar-refractivity contribution < 1.29 is 4.79 Å². The van der Waals surface area contributed by atoms with Gasteiger partial charge in [-0.15, -0.1) is 0 Å². The first kappa shape index (κ1) is 11.9. The molecule has 5 heteroatoms. The Morgan fingerprint density at radius 2 is 1.84 bits per heavy atom. The SMILES string of the molecule is O=C(Nc1ccc(Br)cc1)c1n[nH]c2ccccc12. The number of nitrogens with zero attached hydrogens (tertiary/aromatic N) is 1. The molecule has 0 atom stereocenters. The Hall–Kier alpha value is -2.14. The molecule has 0 saturated carbocycles. The second-order valence-electron chi connectivity index (χ2n) is 4.08. The average Bonchev–Trinajstić information content (AvgIpc) is 2.85. The Morgan fingerprint density at radius 3 is 2.63 bits per heavy atom. The van der Waals surface area contributed by atoms with Crippen molar-refractivity contribution >= 4 is 38.4 Å². The summed E-state index contributed by atoms with van der Waals surface area (Å²) < 4.78 is 0.968. The highest BCUT2D eigenvalue weighted by Gasteiger charge is 2.13. The van der Waals surface area contributed by atoms with Crippen LogP contribution in [0.5, 0.6) is 0 Å². The highest BCUT2D eigenvalue weighted by Crippen LogP contribution is 2.18. The summed E-state index contributed by atoms with van der Waals surface area (Å²) in [7, 11) is 0. The molecule has 0 fully saturated rings. The van der Waals surface area contributed by atoms with Gasteiger partial charge in [-0.25, -0.2) is 0 Å². The molecule has 94 valence electrons. The van der Waals surface area contributed by atoms with E-state index in [-0.39, 0.29) is 5.91 Å². The van der Waals surface area contributed by atoms with Crippen LogP contribution in [0.15, 0.2) is 53.0 Å². The predicted octanol–water partition coefficient (Wildman–Crippen LogP) is 3.58. The number of carbonyl (C=O) groups excluding carboxylic acids is 1. The summed E-state index contributed by atoms with van der Waals surface area (Å²) in [4.78, 5) is 12.2. The van der Waals surface area contributed by atoms with E-state index in [2.05, 4.69) is 31.4 Å². The van der Waals surface area contributed by atoms with Gasteiger partial charge in [-0.05, 0) is 30.3 Å². The summed E-state index contributed by atoms with van der Waals surface area (Å²) in [6.07, 6.45) is 0. The molecule has 0 aliphatic rings. The number of amides is 1. The minimum Gasteiger partial charge on any atom is -0.321 e. The van der Waals surface area contributed by atoms with E-state index in [0.29, 0.717) is 5.69 Å². The average molecular weight is 316 g/mol. The number of benzene rings is 2. The van der Waals surface area contributed by atoms with Gasteiger partial charge in [0.15, 0.2) is 5.69 Å². The van der Waals surface area contributed by atoms with Crippen LogP contribution in [0, 0.1) is 0 Å². The lowest BCUT2D eigenvalue weighted by Crippen LogP contribution is -2.12. The van der Waals surface area contributed by atoms with Crippen molar-refractivity contribution in [3.05, 3.63) is 58.7 Å². The van der Waals surface area contributed by atoms with E-state index in [1.54, 1.807) is 0 Å². The fourth-order valence-electron chi connectivity index (χ4n) is 1.86. The van der Waals surface area contributed by atoms with Gasteiger partial charge in [-0.1, -0.05) is 34.1 Å². The van der Waals surface area contributed by atoms with Gasteiger partial charge in [-0.3, -0.25) is 9.89 Å². The topological polar surface area (TPSA) is 57.8 Å². The summed E-state index contributed by atoms with van der Waals surface area (Å²) in [6.45, 7) is 0. The Bertz CT molecular complexity index is 734. The monoisotopic (exact) mass is 315 g/mol. The molecule has 2 aromatic carbocycles. The minimum absolute atomic E-state index is 0.222. The van der Waals surface area contributed by atoms with Gasteiger partial charge in [0.05, 0.1) is 5.52 Å². The van der Waals surface area contributed by atoms with Crippen LogP contribution in [-0.2, 0) is 0 Å². The minimum atomic E-state index is -0.222. The molecule has 3 rings (SSSR count). The number of nitrogens with one attached hydrogen (secondary N) is 2. The van der Waals surface area contributed by atoms with Gasteiger partial charge in [0.25, 0.3) is 5.91 Å². The van der Waals surface area contributed by atoms with Crippen LogP contribution in [0.2, 0.25) is 0 Å². The molecule has 0 radical (unpaired) electrons. The fourth-order valence-corrected chi connectivity index (χ4v) is 2.12. The zero-order valence-electron chi connectivity index (χ0n) is 9.85. The van der Waals surface area contributed by atoms with Crippen LogP contribution in [0.3, 0.4) is 0 Å². The molecule has 0 spiro atoms. The third kappa shape index (κ3) is 2.37. The predicted molar refractivity (Wildman–Crippen MR) is 78.2 cm³/mol. The van der Waals surface area contributed by atoms with Crippen LogP contribution < -0.4 is 5.32 Å². The third-order valence-corrected chi connectivity index (χ3v) is 3.32. The number of aromatic amines is 1. The molecular weight excluding hydrogens is 306 g/mol. The van der Waals surface area contributed by atoms with Crippen LogP contribution in [0.25, 0.3) is 10.9 Å². The standard InChI is InChI=1S/C14H10BrN3O/c15-9-5-7-10(8-6-9)16-14(19)13-11-3-1-2-4-12(11)17-18-13/h1-8H,(H,16,19)(H,17,18). The van der Waals surface area contributed by atoms with E-state index >= 15 is 0 Å². The Balaban J connectivity index is 1.90. The molecule has 1 aromatic heterocycles. The Labute approximate surface area is 118 Å². The number of fused-ring (bicyclic) bond motifs is 1. The molecule has 3 aromatic rings. The van der Waals surface area contributed by atoms with Gasteiger partial charge < -0.3 is 5.32 Å². The van der Waals surface area contributed by atoms with E-state index < -0.39 is 0 Å². The Kier molecular flexibility index (Phi) is 3.05. The number of hydrogen-bond donors (Lipinski definition) is 2. The molecule has 0 saturated heterocycles. The normalized spacial score (nSPS) is 10.6. The highest BCUT2D eigenvalue weighted by atomic mass is 79.9. The second kappa shape index (κ2) is 4.85. The van der Waals surface area contributed by atoms with Gasteiger partial charge in [0.1, 0.15) is 0 Å².